The molecule has 8 heteroatoms. The van der Waals surface area contributed by atoms with Crippen molar-refractivity contribution in [2.45, 2.75) is 36.7 Å². The van der Waals surface area contributed by atoms with Crippen molar-refractivity contribution in [2.24, 2.45) is 11.7 Å². The molecule has 2 unspecified atom stereocenters. The first-order valence-corrected chi connectivity index (χ1v) is 10.1. The second-order valence-corrected chi connectivity index (χ2v) is 8.25. The molecule has 146 valence electrons. The standard InChI is InChI=1S/C19H23N3O3S.ClH/c20-16-11-10-14(12-16)19(23)21-13-15-6-4-5-9-18(15)22-26(24,25)17-7-2-1-3-8-17;/h1-9,14,16,22H,10-13,20H2,(H,21,23);1H. The number of amides is 1. The van der Waals surface area contributed by atoms with Crippen molar-refractivity contribution in [3.63, 3.8) is 0 Å². The van der Waals surface area contributed by atoms with Gasteiger partial charge in [0.05, 0.1) is 10.6 Å². The average Bonchev–Trinajstić information content (AvgIpc) is 3.08. The zero-order valence-corrected chi connectivity index (χ0v) is 16.4. The van der Waals surface area contributed by atoms with Gasteiger partial charge in [-0.2, -0.15) is 0 Å². The Morgan fingerprint density at radius 3 is 2.37 bits per heavy atom. The minimum absolute atomic E-state index is 0. The van der Waals surface area contributed by atoms with Crippen molar-refractivity contribution >= 4 is 34.0 Å². The second-order valence-electron chi connectivity index (χ2n) is 6.56. The molecule has 1 amide bonds. The van der Waals surface area contributed by atoms with E-state index in [2.05, 4.69) is 10.0 Å². The average molecular weight is 410 g/mol. The third kappa shape index (κ3) is 5.45. The van der Waals surface area contributed by atoms with Crippen LogP contribution in [0.2, 0.25) is 0 Å². The highest BCUT2D eigenvalue weighted by Gasteiger charge is 2.27. The lowest BCUT2D eigenvalue weighted by Gasteiger charge is -2.15. The number of para-hydroxylation sites is 1. The number of hydrogen-bond donors (Lipinski definition) is 3. The number of nitrogens with one attached hydrogen (secondary N) is 2. The monoisotopic (exact) mass is 409 g/mol. The molecule has 2 aromatic carbocycles. The summed E-state index contributed by atoms with van der Waals surface area (Å²) in [5.74, 6) is -0.0863. The van der Waals surface area contributed by atoms with Crippen LogP contribution in [0.3, 0.4) is 0 Å². The zero-order valence-electron chi connectivity index (χ0n) is 14.8. The summed E-state index contributed by atoms with van der Waals surface area (Å²) in [6.45, 7) is 0.262. The molecule has 4 N–H and O–H groups in total. The predicted octanol–water partition coefficient (Wildman–Crippen LogP) is 2.65. The number of carbonyl (C=O) groups is 1. The van der Waals surface area contributed by atoms with E-state index in [1.54, 1.807) is 36.4 Å². The number of rotatable bonds is 6. The Morgan fingerprint density at radius 2 is 1.70 bits per heavy atom. The predicted molar refractivity (Wildman–Crippen MR) is 108 cm³/mol. The van der Waals surface area contributed by atoms with Crippen LogP contribution >= 0.6 is 12.4 Å². The highest BCUT2D eigenvalue weighted by molar-refractivity contribution is 7.92. The number of benzene rings is 2. The molecule has 0 aromatic heterocycles. The number of sulfonamides is 1. The topological polar surface area (TPSA) is 101 Å². The molecule has 1 fully saturated rings. The quantitative estimate of drug-likeness (QED) is 0.682. The Labute approximate surface area is 166 Å². The number of carbonyl (C=O) groups excluding carboxylic acids is 1. The molecule has 2 atom stereocenters. The molecule has 1 saturated carbocycles. The molecule has 6 nitrogen and oxygen atoms in total. The van der Waals surface area contributed by atoms with E-state index in [0.29, 0.717) is 17.7 Å². The first-order chi connectivity index (χ1) is 12.5. The summed E-state index contributed by atoms with van der Waals surface area (Å²) in [4.78, 5) is 12.5. The van der Waals surface area contributed by atoms with E-state index in [1.807, 2.05) is 6.07 Å². The number of hydrogen-bond acceptors (Lipinski definition) is 4. The van der Waals surface area contributed by atoms with Crippen LogP contribution in [-0.4, -0.2) is 20.4 Å². The Morgan fingerprint density at radius 1 is 1.04 bits per heavy atom. The Balaban J connectivity index is 0.00000261. The van der Waals surface area contributed by atoms with Gasteiger partial charge in [-0.15, -0.1) is 12.4 Å². The van der Waals surface area contributed by atoms with Crippen LogP contribution in [0.15, 0.2) is 59.5 Å². The third-order valence-corrected chi connectivity index (χ3v) is 5.99. The lowest BCUT2D eigenvalue weighted by Crippen LogP contribution is -2.30. The highest BCUT2D eigenvalue weighted by Crippen LogP contribution is 2.25. The lowest BCUT2D eigenvalue weighted by molar-refractivity contribution is -0.125. The van der Waals surface area contributed by atoms with Crippen LogP contribution in [0.25, 0.3) is 0 Å². The zero-order chi connectivity index (χ0) is 18.6. The van der Waals surface area contributed by atoms with Crippen LogP contribution in [0.5, 0.6) is 0 Å². The first kappa shape index (κ1) is 21.2. The second kappa shape index (κ2) is 9.21. The molecule has 2 aromatic rings. The van der Waals surface area contributed by atoms with Crippen LogP contribution < -0.4 is 15.8 Å². The van der Waals surface area contributed by atoms with E-state index >= 15 is 0 Å². The maximum atomic E-state index is 12.5. The van der Waals surface area contributed by atoms with E-state index < -0.39 is 10.0 Å². The smallest absolute Gasteiger partial charge is 0.261 e. The van der Waals surface area contributed by atoms with Crippen molar-refractivity contribution < 1.29 is 13.2 Å². The summed E-state index contributed by atoms with van der Waals surface area (Å²) in [7, 11) is -3.68. The number of anilines is 1. The minimum Gasteiger partial charge on any atom is -0.352 e. The van der Waals surface area contributed by atoms with E-state index in [9.17, 15) is 13.2 Å². The van der Waals surface area contributed by atoms with Crippen LogP contribution in [0.1, 0.15) is 24.8 Å². The molecule has 0 spiro atoms. The lowest BCUT2D eigenvalue weighted by atomic mass is 10.1. The summed E-state index contributed by atoms with van der Waals surface area (Å²) in [5, 5.41) is 2.90. The van der Waals surface area contributed by atoms with Crippen LogP contribution in [0, 0.1) is 5.92 Å². The molecular weight excluding hydrogens is 386 g/mol. The summed E-state index contributed by atoms with van der Waals surface area (Å²) >= 11 is 0. The van der Waals surface area contributed by atoms with Gasteiger partial charge in [0.15, 0.2) is 0 Å². The van der Waals surface area contributed by atoms with Gasteiger partial charge in [0.25, 0.3) is 10.0 Å². The molecule has 1 aliphatic carbocycles. The van der Waals surface area contributed by atoms with E-state index in [0.717, 1.165) is 12.8 Å². The molecule has 3 rings (SSSR count). The normalized spacial score (nSPS) is 19.1. The fraction of sp³-hybridized carbons (Fsp3) is 0.316. The summed E-state index contributed by atoms with van der Waals surface area (Å²) in [6.07, 6.45) is 2.37. The molecule has 0 aliphatic heterocycles. The van der Waals surface area contributed by atoms with Gasteiger partial charge in [-0.25, -0.2) is 8.42 Å². The Bertz CT molecular complexity index is 875. The van der Waals surface area contributed by atoms with E-state index in [-0.39, 0.29) is 41.7 Å². The largest absolute Gasteiger partial charge is 0.352 e. The molecule has 0 radical (unpaired) electrons. The van der Waals surface area contributed by atoms with Gasteiger partial charge in [0.1, 0.15) is 0 Å². The fourth-order valence-electron chi connectivity index (χ4n) is 3.16. The SMILES string of the molecule is Cl.NC1CCC(C(=O)NCc2ccccc2NS(=O)(=O)c2ccccc2)C1. The number of halogens is 1. The van der Waals surface area contributed by atoms with E-state index in [4.69, 9.17) is 5.73 Å². The minimum atomic E-state index is -3.68. The third-order valence-electron chi connectivity index (χ3n) is 4.61. The maximum absolute atomic E-state index is 12.5. The number of nitrogens with two attached hydrogens (primary N) is 1. The van der Waals surface area contributed by atoms with Gasteiger partial charge in [-0.3, -0.25) is 9.52 Å². The van der Waals surface area contributed by atoms with E-state index in [1.165, 1.54) is 12.1 Å². The van der Waals surface area contributed by atoms with Crippen LogP contribution in [0.4, 0.5) is 5.69 Å². The fourth-order valence-corrected chi connectivity index (χ4v) is 4.28. The summed E-state index contributed by atoms with van der Waals surface area (Å²) in [6, 6.07) is 15.3. The summed E-state index contributed by atoms with van der Waals surface area (Å²) < 4.78 is 27.7. The molecular formula is C19H24ClN3O3S. The molecule has 0 bridgehead atoms. The van der Waals surface area contributed by atoms with Crippen molar-refractivity contribution in [3.8, 4) is 0 Å². The summed E-state index contributed by atoms with van der Waals surface area (Å²) in [5.41, 5.74) is 7.03. The van der Waals surface area contributed by atoms with Crippen molar-refractivity contribution in [1.82, 2.24) is 5.32 Å². The maximum Gasteiger partial charge on any atom is 0.261 e. The van der Waals surface area contributed by atoms with Crippen molar-refractivity contribution in [2.75, 3.05) is 4.72 Å². The van der Waals surface area contributed by atoms with Crippen molar-refractivity contribution in [1.29, 1.82) is 0 Å². The van der Waals surface area contributed by atoms with Gasteiger partial charge in [-0.05, 0) is 43.0 Å². The van der Waals surface area contributed by atoms with Crippen molar-refractivity contribution in [3.05, 3.63) is 60.2 Å². The first-order valence-electron chi connectivity index (χ1n) is 8.65. The van der Waals surface area contributed by atoms with Crippen LogP contribution in [-0.2, 0) is 21.4 Å². The molecule has 0 heterocycles. The molecule has 0 saturated heterocycles. The van der Waals surface area contributed by atoms with Gasteiger partial charge in [-0.1, -0.05) is 36.4 Å². The van der Waals surface area contributed by atoms with Gasteiger partial charge < -0.3 is 11.1 Å². The molecule has 27 heavy (non-hydrogen) atoms. The molecule has 1 aliphatic rings. The Kier molecular flexibility index (Phi) is 7.24. The Hall–Kier alpha value is -2.09. The van der Waals surface area contributed by atoms with Gasteiger partial charge in [0.2, 0.25) is 5.91 Å². The van der Waals surface area contributed by atoms with Gasteiger partial charge in [0, 0.05) is 18.5 Å². The van der Waals surface area contributed by atoms with Gasteiger partial charge >= 0.3 is 0 Å². The highest BCUT2D eigenvalue weighted by atomic mass is 35.5.